The van der Waals surface area contributed by atoms with Crippen LogP contribution >= 0.6 is 0 Å². The number of nitrogens with zero attached hydrogens (tertiary/aromatic N) is 6. The molecule has 0 bridgehead atoms. The number of azo groups is 1. The van der Waals surface area contributed by atoms with E-state index in [9.17, 15) is 28.7 Å². The van der Waals surface area contributed by atoms with Crippen LogP contribution in [0.5, 0.6) is 5.88 Å². The van der Waals surface area contributed by atoms with Gasteiger partial charge < -0.3 is 33.5 Å². The molecule has 1 fully saturated rings. The summed E-state index contributed by atoms with van der Waals surface area (Å²) in [4.78, 5) is 55.0. The number of aromatic nitrogens is 4. The lowest BCUT2D eigenvalue weighted by Crippen LogP contribution is -2.63. The van der Waals surface area contributed by atoms with Gasteiger partial charge in [-0.15, -0.1) is 10.2 Å². The predicted octanol–water partition coefficient (Wildman–Crippen LogP) is 3.47. The second-order valence-corrected chi connectivity index (χ2v) is 10.8. The fourth-order valence-electron chi connectivity index (χ4n) is 5.21. The number of hydrogen-bond acceptors (Lipinski definition) is 14. The zero-order valence-corrected chi connectivity index (χ0v) is 26.2. The Morgan fingerprint density at radius 2 is 1.54 bits per heavy atom. The second-order valence-electron chi connectivity index (χ2n) is 10.8. The average Bonchev–Trinajstić information content (AvgIpc) is 3.57. The van der Waals surface area contributed by atoms with Crippen molar-refractivity contribution in [2.75, 3.05) is 0 Å². The first-order valence-corrected chi connectivity index (χ1v) is 14.6. The molecule has 1 saturated heterocycles. The summed E-state index contributed by atoms with van der Waals surface area (Å²) >= 11 is 0. The number of hydrogen-bond donors (Lipinski definition) is 1. The van der Waals surface area contributed by atoms with Crippen molar-refractivity contribution in [3.05, 3.63) is 66.2 Å². The number of aromatic hydroxyl groups is 1. The maximum atomic E-state index is 13.3. The third kappa shape index (κ3) is 7.80. The minimum Gasteiger partial charge on any atom is -0.493 e. The number of ether oxygens (including phenoxy) is 4. The van der Waals surface area contributed by atoms with Crippen LogP contribution in [0, 0.1) is 5.82 Å². The Bertz CT molecular complexity index is 1860. The van der Waals surface area contributed by atoms with Crippen LogP contribution in [0.15, 0.2) is 65.0 Å². The first kappa shape index (κ1) is 33.6. The van der Waals surface area contributed by atoms with Gasteiger partial charge in [-0.05, 0) is 42.5 Å². The van der Waals surface area contributed by atoms with Crippen molar-refractivity contribution in [2.45, 2.75) is 71.4 Å². The monoisotopic (exact) mass is 666 g/mol. The Kier molecular flexibility index (Phi) is 10.1. The van der Waals surface area contributed by atoms with Gasteiger partial charge in [-0.25, -0.2) is 4.39 Å². The summed E-state index contributed by atoms with van der Waals surface area (Å²) < 4.78 is 37.0. The topological polar surface area (TPSA) is 195 Å². The summed E-state index contributed by atoms with van der Waals surface area (Å²) in [6, 6.07) is 12.4. The maximum Gasteiger partial charge on any atom is 0.303 e. The van der Waals surface area contributed by atoms with Crippen molar-refractivity contribution in [3.63, 3.8) is 0 Å². The number of fused-ring (bicyclic) bond motifs is 1. The summed E-state index contributed by atoms with van der Waals surface area (Å²) in [6.07, 6.45) is -5.74. The fourth-order valence-corrected chi connectivity index (χ4v) is 5.21. The number of esters is 3. The van der Waals surface area contributed by atoms with Gasteiger partial charge in [-0.2, -0.15) is 5.11 Å². The minimum absolute atomic E-state index is 0.0156. The molecule has 17 heteroatoms. The summed E-state index contributed by atoms with van der Waals surface area (Å²) in [5.74, 6) is -3.30. The molecule has 2 aromatic heterocycles. The molecule has 5 rings (SSSR count). The quantitative estimate of drug-likeness (QED) is 0.139. The van der Waals surface area contributed by atoms with E-state index < -0.39 is 54.4 Å². The number of carbonyl (C=O) groups excluding carboxylic acids is 4. The largest absolute Gasteiger partial charge is 0.493 e. The Balaban J connectivity index is 1.42. The van der Waals surface area contributed by atoms with Gasteiger partial charge in [-0.1, -0.05) is 23.0 Å². The molecule has 252 valence electrons. The molecule has 0 aliphatic carbocycles. The zero-order valence-electron chi connectivity index (χ0n) is 26.2. The number of ketones is 1. The fraction of sp³-hybridized carbons (Fsp3) is 0.355. The normalized spacial score (nSPS) is 20.8. The van der Waals surface area contributed by atoms with Gasteiger partial charge in [0, 0.05) is 32.6 Å². The molecule has 1 aliphatic rings. The van der Waals surface area contributed by atoms with Gasteiger partial charge in [0.1, 0.15) is 23.4 Å². The lowest BCUT2D eigenvalue weighted by molar-refractivity contribution is -0.305. The average molecular weight is 667 g/mol. The van der Waals surface area contributed by atoms with Crippen molar-refractivity contribution in [1.29, 1.82) is 0 Å². The number of benzene rings is 2. The molecule has 3 heterocycles. The van der Waals surface area contributed by atoms with Crippen LogP contribution in [0.2, 0.25) is 0 Å². The lowest BCUT2D eigenvalue weighted by Gasteiger charge is -2.43. The number of carbonyl (C=O) groups is 4. The smallest absolute Gasteiger partial charge is 0.303 e. The molecular formula is C31H31FN6O10. The van der Waals surface area contributed by atoms with Crippen LogP contribution in [-0.4, -0.2) is 79.2 Å². The molecule has 4 aromatic rings. The van der Waals surface area contributed by atoms with Gasteiger partial charge in [0.15, 0.2) is 17.9 Å². The molecule has 2 aromatic carbocycles. The standard InChI is InChI=1S/C31H31FN6O10/c1-16(39)13-25-27(44-17(2)40)28(45-18(3)41)29(46-19(4)42)31(47-25)48-38-15-22(34-36-38)14-37-24-8-6-5-7-23(24)26(30(37)43)35-33-21-11-9-20(32)10-12-21/h5-12,15,25,27-29,31,43H,13-14H2,1-4H3/t25-,27+,28+,29-,31+/m1/s1. The van der Waals surface area contributed by atoms with Crippen molar-refractivity contribution in [1.82, 2.24) is 19.7 Å². The summed E-state index contributed by atoms with van der Waals surface area (Å²) in [7, 11) is 0. The highest BCUT2D eigenvalue weighted by molar-refractivity contribution is 5.95. The van der Waals surface area contributed by atoms with E-state index in [2.05, 4.69) is 20.5 Å². The summed E-state index contributed by atoms with van der Waals surface area (Å²) in [5, 5.41) is 28.1. The summed E-state index contributed by atoms with van der Waals surface area (Å²) in [5.41, 5.74) is 1.44. The highest BCUT2D eigenvalue weighted by Gasteiger charge is 2.53. The van der Waals surface area contributed by atoms with Gasteiger partial charge in [-0.3, -0.25) is 19.2 Å². The molecule has 0 spiro atoms. The lowest BCUT2D eigenvalue weighted by atomic mass is 9.95. The van der Waals surface area contributed by atoms with Crippen LogP contribution in [0.25, 0.3) is 10.9 Å². The zero-order chi connectivity index (χ0) is 34.5. The minimum atomic E-state index is -1.51. The van der Waals surface area contributed by atoms with E-state index in [0.29, 0.717) is 22.3 Å². The molecule has 0 amide bonds. The molecule has 0 unspecified atom stereocenters. The Morgan fingerprint density at radius 1 is 0.896 bits per heavy atom. The highest BCUT2D eigenvalue weighted by atomic mass is 19.1. The molecule has 1 N–H and O–H groups in total. The van der Waals surface area contributed by atoms with Gasteiger partial charge in [0.25, 0.3) is 6.29 Å². The van der Waals surface area contributed by atoms with Crippen molar-refractivity contribution in [3.8, 4) is 5.88 Å². The third-order valence-corrected chi connectivity index (χ3v) is 7.05. The molecule has 16 nitrogen and oxygen atoms in total. The molecular weight excluding hydrogens is 635 g/mol. The molecule has 1 aliphatic heterocycles. The Hall–Kier alpha value is -5.71. The number of Topliss-reactive ketones (excluding diaryl/α,β-unsaturated/α-hetero) is 1. The Labute approximate surface area is 271 Å². The maximum absolute atomic E-state index is 13.3. The Morgan fingerprint density at radius 3 is 2.21 bits per heavy atom. The van der Waals surface area contributed by atoms with Crippen LogP contribution in [0.4, 0.5) is 15.8 Å². The number of halogens is 1. The van der Waals surface area contributed by atoms with E-state index in [1.54, 1.807) is 24.3 Å². The van der Waals surface area contributed by atoms with E-state index in [0.717, 1.165) is 25.6 Å². The van der Waals surface area contributed by atoms with Crippen LogP contribution in [0.3, 0.4) is 0 Å². The second kappa shape index (κ2) is 14.4. The van der Waals surface area contributed by atoms with Crippen LogP contribution < -0.4 is 4.84 Å². The van der Waals surface area contributed by atoms with Gasteiger partial charge in [0.05, 0.1) is 23.9 Å². The highest BCUT2D eigenvalue weighted by Crippen LogP contribution is 2.40. The third-order valence-electron chi connectivity index (χ3n) is 7.05. The molecule has 5 atom stereocenters. The molecule has 0 saturated carbocycles. The summed E-state index contributed by atoms with van der Waals surface area (Å²) in [6.45, 7) is 4.63. The van der Waals surface area contributed by atoms with Gasteiger partial charge in [0.2, 0.25) is 12.0 Å². The van der Waals surface area contributed by atoms with E-state index in [-0.39, 0.29) is 30.3 Å². The van der Waals surface area contributed by atoms with E-state index in [1.807, 2.05) is 0 Å². The van der Waals surface area contributed by atoms with Gasteiger partial charge >= 0.3 is 17.9 Å². The predicted molar refractivity (Wildman–Crippen MR) is 161 cm³/mol. The van der Waals surface area contributed by atoms with Crippen molar-refractivity contribution in [2.24, 2.45) is 10.2 Å². The first-order valence-electron chi connectivity index (χ1n) is 14.6. The van der Waals surface area contributed by atoms with E-state index in [1.165, 1.54) is 42.0 Å². The van der Waals surface area contributed by atoms with Crippen LogP contribution in [0.1, 0.15) is 39.8 Å². The van der Waals surface area contributed by atoms with Crippen molar-refractivity contribution < 1.29 is 52.5 Å². The van der Waals surface area contributed by atoms with E-state index in [4.69, 9.17) is 23.8 Å². The molecule has 0 radical (unpaired) electrons. The first-order chi connectivity index (χ1) is 22.9. The van der Waals surface area contributed by atoms with Crippen molar-refractivity contribution >= 4 is 46.0 Å². The molecule has 48 heavy (non-hydrogen) atoms. The number of rotatable bonds is 11. The van der Waals surface area contributed by atoms with E-state index >= 15 is 0 Å². The van der Waals surface area contributed by atoms with Crippen LogP contribution in [-0.2, 0) is 44.7 Å². The number of para-hydroxylation sites is 1. The SMILES string of the molecule is CC(=O)C[C@H]1O[C@@H](On2cc(Cn3c(O)c(N=Nc4ccc(F)cc4)c4ccccc43)nn2)[C@H](OC(C)=O)[C@@H](OC(C)=O)[C@H]1OC(C)=O.